The fraction of sp³-hybridized carbons (Fsp3) is 0.500. The van der Waals surface area contributed by atoms with E-state index in [1.165, 1.54) is 19.3 Å². The van der Waals surface area contributed by atoms with Gasteiger partial charge in [-0.05, 0) is 18.9 Å². The van der Waals surface area contributed by atoms with Gasteiger partial charge in [-0.15, -0.1) is 0 Å². The van der Waals surface area contributed by atoms with Gasteiger partial charge >= 0.3 is 0 Å². The van der Waals surface area contributed by atoms with Crippen LogP contribution in [0.15, 0.2) is 30.5 Å². The average molecular weight is 326 g/mol. The number of para-hydroxylation sites is 1. The minimum absolute atomic E-state index is 0.0335. The molecule has 4 heteroatoms. The molecular formula is C20H26N2O2. The summed E-state index contributed by atoms with van der Waals surface area (Å²) in [4.78, 5) is 24.9. The lowest BCUT2D eigenvalue weighted by Gasteiger charge is -2.22. The van der Waals surface area contributed by atoms with Crippen molar-refractivity contribution in [3.05, 3.63) is 36.0 Å². The lowest BCUT2D eigenvalue weighted by atomic mass is 9.95. The number of benzene rings is 1. The number of aromatic nitrogens is 1. The molecule has 0 aliphatic heterocycles. The van der Waals surface area contributed by atoms with Crippen molar-refractivity contribution < 1.29 is 9.59 Å². The molecule has 1 amide bonds. The second kappa shape index (κ2) is 7.20. The van der Waals surface area contributed by atoms with Crippen LogP contribution in [-0.4, -0.2) is 22.3 Å². The predicted octanol–water partition coefficient (Wildman–Crippen LogP) is 3.93. The minimum Gasteiger partial charge on any atom is -0.352 e. The van der Waals surface area contributed by atoms with Crippen molar-refractivity contribution in [2.75, 3.05) is 0 Å². The van der Waals surface area contributed by atoms with Crippen LogP contribution in [0.4, 0.5) is 0 Å². The number of Topliss-reactive ketones (excluding diaryl/α,β-unsaturated/α-hetero) is 1. The first-order valence-electron chi connectivity index (χ1n) is 8.97. The summed E-state index contributed by atoms with van der Waals surface area (Å²) >= 11 is 0. The molecule has 1 aliphatic rings. The highest BCUT2D eigenvalue weighted by Crippen LogP contribution is 2.24. The van der Waals surface area contributed by atoms with Crippen molar-refractivity contribution in [3.63, 3.8) is 0 Å². The molecule has 1 aromatic carbocycles. The Bertz CT molecular complexity index is 739. The smallest absolute Gasteiger partial charge is 0.240 e. The largest absolute Gasteiger partial charge is 0.352 e. The molecule has 1 aliphatic carbocycles. The number of ketones is 1. The topological polar surface area (TPSA) is 51.1 Å². The van der Waals surface area contributed by atoms with E-state index in [0.29, 0.717) is 11.6 Å². The van der Waals surface area contributed by atoms with E-state index in [2.05, 4.69) is 5.32 Å². The van der Waals surface area contributed by atoms with Crippen LogP contribution in [-0.2, 0) is 11.3 Å². The molecule has 0 spiro atoms. The van der Waals surface area contributed by atoms with E-state index in [4.69, 9.17) is 0 Å². The van der Waals surface area contributed by atoms with E-state index in [1.807, 2.05) is 48.9 Å². The fourth-order valence-electron chi connectivity index (χ4n) is 3.56. The summed E-state index contributed by atoms with van der Waals surface area (Å²) in [6.45, 7) is 4.08. The zero-order valence-electron chi connectivity index (χ0n) is 14.5. The number of hydrogen-bond donors (Lipinski definition) is 1. The summed E-state index contributed by atoms with van der Waals surface area (Å²) in [7, 11) is 0. The molecule has 0 atom stereocenters. The highest BCUT2D eigenvalue weighted by atomic mass is 16.2. The molecule has 1 fully saturated rings. The Labute approximate surface area is 143 Å². The third-order valence-electron chi connectivity index (χ3n) is 4.86. The predicted molar refractivity (Wildman–Crippen MR) is 96.1 cm³/mol. The molecule has 1 N–H and O–H groups in total. The van der Waals surface area contributed by atoms with Gasteiger partial charge in [-0.2, -0.15) is 0 Å². The van der Waals surface area contributed by atoms with Gasteiger partial charge in [-0.25, -0.2) is 0 Å². The van der Waals surface area contributed by atoms with E-state index in [-0.39, 0.29) is 24.2 Å². The summed E-state index contributed by atoms with van der Waals surface area (Å²) in [6, 6.07) is 8.12. The van der Waals surface area contributed by atoms with Crippen molar-refractivity contribution in [1.82, 2.24) is 9.88 Å². The molecule has 4 nitrogen and oxygen atoms in total. The van der Waals surface area contributed by atoms with Crippen LogP contribution in [0, 0.1) is 5.92 Å². The number of amides is 1. The summed E-state index contributed by atoms with van der Waals surface area (Å²) in [5.41, 5.74) is 1.66. The van der Waals surface area contributed by atoms with Crippen molar-refractivity contribution in [3.8, 4) is 0 Å². The van der Waals surface area contributed by atoms with Gasteiger partial charge in [-0.3, -0.25) is 9.59 Å². The Balaban J connectivity index is 1.81. The van der Waals surface area contributed by atoms with Crippen LogP contribution in [0.1, 0.15) is 56.3 Å². The molecule has 1 heterocycles. The van der Waals surface area contributed by atoms with Gasteiger partial charge < -0.3 is 9.88 Å². The number of hydrogen-bond acceptors (Lipinski definition) is 2. The Morgan fingerprint density at radius 2 is 1.88 bits per heavy atom. The van der Waals surface area contributed by atoms with Gasteiger partial charge in [0, 0.05) is 34.6 Å². The number of rotatable bonds is 5. The second-order valence-electron chi connectivity index (χ2n) is 7.11. The zero-order chi connectivity index (χ0) is 17.1. The van der Waals surface area contributed by atoms with Crippen molar-refractivity contribution in [1.29, 1.82) is 0 Å². The molecule has 0 saturated heterocycles. The number of fused-ring (bicyclic) bond motifs is 1. The van der Waals surface area contributed by atoms with Crippen LogP contribution in [0.3, 0.4) is 0 Å². The first kappa shape index (κ1) is 16.7. The number of carbonyl (C=O) groups is 2. The summed E-state index contributed by atoms with van der Waals surface area (Å²) in [6.07, 6.45) is 7.67. The standard InChI is InChI=1S/C20H26N2O2/c1-14(2)20(24)17-12-22(18-11-7-6-10-16(17)18)13-19(23)21-15-8-4-3-5-9-15/h6-7,10-12,14-15H,3-5,8-9,13H2,1-2H3,(H,21,23). The maximum Gasteiger partial charge on any atom is 0.240 e. The van der Waals surface area contributed by atoms with E-state index in [9.17, 15) is 9.59 Å². The monoisotopic (exact) mass is 326 g/mol. The highest BCUT2D eigenvalue weighted by molar-refractivity contribution is 6.09. The summed E-state index contributed by atoms with van der Waals surface area (Å²) in [5, 5.41) is 4.08. The van der Waals surface area contributed by atoms with Crippen molar-refractivity contribution in [2.45, 2.75) is 58.5 Å². The molecule has 0 radical (unpaired) electrons. The van der Waals surface area contributed by atoms with Crippen molar-refractivity contribution in [2.24, 2.45) is 5.92 Å². The van der Waals surface area contributed by atoms with Gasteiger partial charge in [0.05, 0.1) is 0 Å². The molecule has 24 heavy (non-hydrogen) atoms. The van der Waals surface area contributed by atoms with E-state index >= 15 is 0 Å². The van der Waals surface area contributed by atoms with Crippen LogP contribution < -0.4 is 5.32 Å². The minimum atomic E-state index is -0.0553. The van der Waals surface area contributed by atoms with Crippen molar-refractivity contribution >= 4 is 22.6 Å². The van der Waals surface area contributed by atoms with Gasteiger partial charge in [0.1, 0.15) is 6.54 Å². The Hall–Kier alpha value is -2.10. The lowest BCUT2D eigenvalue weighted by Crippen LogP contribution is -2.38. The normalized spacial score (nSPS) is 15.8. The summed E-state index contributed by atoms with van der Waals surface area (Å²) < 4.78 is 1.91. The van der Waals surface area contributed by atoms with Gasteiger partial charge in [0.2, 0.25) is 5.91 Å². The molecule has 0 bridgehead atoms. The quantitative estimate of drug-likeness (QED) is 0.846. The zero-order valence-corrected chi connectivity index (χ0v) is 14.5. The second-order valence-corrected chi connectivity index (χ2v) is 7.11. The number of nitrogens with zero attached hydrogens (tertiary/aromatic N) is 1. The Kier molecular flexibility index (Phi) is 5.03. The van der Waals surface area contributed by atoms with E-state index in [0.717, 1.165) is 23.7 Å². The molecule has 128 valence electrons. The van der Waals surface area contributed by atoms with Crippen LogP contribution in [0.5, 0.6) is 0 Å². The van der Waals surface area contributed by atoms with Crippen LogP contribution in [0.2, 0.25) is 0 Å². The molecule has 3 rings (SSSR count). The lowest BCUT2D eigenvalue weighted by molar-refractivity contribution is -0.122. The van der Waals surface area contributed by atoms with Crippen LogP contribution in [0.25, 0.3) is 10.9 Å². The molecule has 2 aromatic rings. The SMILES string of the molecule is CC(C)C(=O)c1cn(CC(=O)NC2CCCCC2)c2ccccc12. The van der Waals surface area contributed by atoms with E-state index < -0.39 is 0 Å². The van der Waals surface area contributed by atoms with Gasteiger partial charge in [0.15, 0.2) is 5.78 Å². The molecule has 0 unspecified atom stereocenters. The van der Waals surface area contributed by atoms with Gasteiger partial charge in [-0.1, -0.05) is 51.3 Å². The molecule has 1 aromatic heterocycles. The Morgan fingerprint density at radius 1 is 1.17 bits per heavy atom. The number of nitrogens with one attached hydrogen (secondary N) is 1. The maximum atomic E-state index is 12.5. The number of carbonyl (C=O) groups excluding carboxylic acids is 2. The van der Waals surface area contributed by atoms with Gasteiger partial charge in [0.25, 0.3) is 0 Å². The fourth-order valence-corrected chi connectivity index (χ4v) is 3.56. The molecular weight excluding hydrogens is 300 g/mol. The van der Waals surface area contributed by atoms with E-state index in [1.54, 1.807) is 0 Å². The van der Waals surface area contributed by atoms with Crippen LogP contribution >= 0.6 is 0 Å². The third-order valence-corrected chi connectivity index (χ3v) is 4.86. The average Bonchev–Trinajstić information content (AvgIpc) is 2.93. The molecule has 1 saturated carbocycles. The maximum absolute atomic E-state index is 12.5. The highest BCUT2D eigenvalue weighted by Gasteiger charge is 2.20. The summed E-state index contributed by atoms with van der Waals surface area (Å²) in [5.74, 6) is 0.101. The Morgan fingerprint density at radius 3 is 2.58 bits per heavy atom. The first-order chi connectivity index (χ1) is 11.6. The first-order valence-corrected chi connectivity index (χ1v) is 8.97. The third kappa shape index (κ3) is 3.53.